The van der Waals surface area contributed by atoms with Gasteiger partial charge >= 0.3 is 0 Å². The number of aromatic nitrogens is 1. The molecule has 17 heavy (non-hydrogen) atoms. The van der Waals surface area contributed by atoms with E-state index in [1.807, 2.05) is 13.0 Å². The van der Waals surface area contributed by atoms with Crippen LogP contribution in [0.5, 0.6) is 0 Å². The van der Waals surface area contributed by atoms with Crippen LogP contribution >= 0.6 is 11.3 Å². The first-order valence-corrected chi connectivity index (χ1v) is 5.96. The maximum absolute atomic E-state index is 11.9. The summed E-state index contributed by atoms with van der Waals surface area (Å²) < 4.78 is 5.22. The maximum Gasteiger partial charge on any atom is 0.263 e. The zero-order valence-corrected chi connectivity index (χ0v) is 10.4. The van der Waals surface area contributed by atoms with Crippen LogP contribution in [0.2, 0.25) is 0 Å². The average Bonchev–Trinajstić information content (AvgIpc) is 2.87. The van der Waals surface area contributed by atoms with Crippen LogP contribution in [0, 0.1) is 6.92 Å². The summed E-state index contributed by atoms with van der Waals surface area (Å²) in [7, 11) is 0. The minimum Gasteiger partial charge on any atom is -0.467 e. The normalized spacial score (nSPS) is 12.4. The third kappa shape index (κ3) is 2.47. The van der Waals surface area contributed by atoms with Crippen LogP contribution in [-0.4, -0.2) is 10.9 Å². The van der Waals surface area contributed by atoms with Crippen LogP contribution in [0.4, 0.5) is 5.13 Å². The fourth-order valence-electron chi connectivity index (χ4n) is 1.50. The van der Waals surface area contributed by atoms with Crippen LogP contribution in [0.15, 0.2) is 22.8 Å². The fourth-order valence-corrected chi connectivity index (χ4v) is 2.24. The van der Waals surface area contributed by atoms with E-state index in [0.29, 0.717) is 21.5 Å². The Balaban J connectivity index is 2.09. The summed E-state index contributed by atoms with van der Waals surface area (Å²) in [6.45, 7) is 3.62. The van der Waals surface area contributed by atoms with E-state index in [2.05, 4.69) is 10.3 Å². The first-order chi connectivity index (χ1) is 8.08. The Kier molecular flexibility index (Phi) is 3.14. The second-order valence-electron chi connectivity index (χ2n) is 3.68. The Labute approximate surface area is 103 Å². The number of hydrogen-bond acceptors (Lipinski definition) is 5. The molecule has 0 aromatic carbocycles. The molecule has 2 aromatic rings. The molecule has 1 atom stereocenters. The van der Waals surface area contributed by atoms with Crippen LogP contribution < -0.4 is 11.1 Å². The minimum atomic E-state index is -0.180. The third-order valence-electron chi connectivity index (χ3n) is 2.34. The van der Waals surface area contributed by atoms with Gasteiger partial charge in [-0.15, -0.1) is 0 Å². The van der Waals surface area contributed by atoms with E-state index in [0.717, 1.165) is 0 Å². The summed E-state index contributed by atoms with van der Waals surface area (Å²) in [5.74, 6) is 0.536. The highest BCUT2D eigenvalue weighted by Crippen LogP contribution is 2.21. The monoisotopic (exact) mass is 251 g/mol. The number of anilines is 1. The van der Waals surface area contributed by atoms with Gasteiger partial charge in [-0.1, -0.05) is 11.3 Å². The SMILES string of the molecule is Cc1nc(N)sc1C(=O)NC(C)c1ccco1. The number of furan rings is 1. The number of carbonyl (C=O) groups is 1. The first kappa shape index (κ1) is 11.7. The van der Waals surface area contributed by atoms with E-state index in [9.17, 15) is 4.79 Å². The van der Waals surface area contributed by atoms with Crippen molar-refractivity contribution >= 4 is 22.4 Å². The van der Waals surface area contributed by atoms with Crippen LogP contribution in [0.1, 0.15) is 34.1 Å². The van der Waals surface area contributed by atoms with Gasteiger partial charge in [0.25, 0.3) is 5.91 Å². The molecule has 0 saturated heterocycles. The lowest BCUT2D eigenvalue weighted by atomic mass is 10.2. The Morgan fingerprint density at radius 3 is 2.94 bits per heavy atom. The number of nitrogens with two attached hydrogens (primary N) is 1. The lowest BCUT2D eigenvalue weighted by Crippen LogP contribution is -2.26. The van der Waals surface area contributed by atoms with E-state index in [4.69, 9.17) is 10.2 Å². The molecule has 1 amide bonds. The number of carbonyl (C=O) groups excluding carboxylic acids is 1. The molecule has 0 bridgehead atoms. The molecule has 2 heterocycles. The Morgan fingerprint density at radius 2 is 2.41 bits per heavy atom. The largest absolute Gasteiger partial charge is 0.467 e. The van der Waals surface area contributed by atoms with Crippen LogP contribution in [0.3, 0.4) is 0 Å². The number of aryl methyl sites for hydroxylation is 1. The third-order valence-corrected chi connectivity index (χ3v) is 3.32. The van der Waals surface area contributed by atoms with Crippen molar-refractivity contribution < 1.29 is 9.21 Å². The van der Waals surface area contributed by atoms with Crippen molar-refractivity contribution in [3.8, 4) is 0 Å². The first-order valence-electron chi connectivity index (χ1n) is 5.15. The quantitative estimate of drug-likeness (QED) is 0.875. The minimum absolute atomic E-state index is 0.180. The van der Waals surface area contributed by atoms with Gasteiger partial charge in [-0.3, -0.25) is 4.79 Å². The molecule has 0 radical (unpaired) electrons. The second-order valence-corrected chi connectivity index (χ2v) is 4.71. The van der Waals surface area contributed by atoms with Crippen molar-refractivity contribution in [2.24, 2.45) is 0 Å². The Morgan fingerprint density at radius 1 is 1.65 bits per heavy atom. The van der Waals surface area contributed by atoms with Gasteiger partial charge in [0.05, 0.1) is 18.0 Å². The highest BCUT2D eigenvalue weighted by atomic mass is 32.1. The van der Waals surface area contributed by atoms with Crippen LogP contribution in [-0.2, 0) is 0 Å². The molecule has 1 unspecified atom stereocenters. The average molecular weight is 251 g/mol. The molecule has 0 fully saturated rings. The molecular formula is C11H13N3O2S. The highest BCUT2D eigenvalue weighted by molar-refractivity contribution is 7.17. The number of nitrogens with zero attached hydrogens (tertiary/aromatic N) is 1. The summed E-state index contributed by atoms with van der Waals surface area (Å²) in [5.41, 5.74) is 6.20. The molecule has 0 saturated carbocycles. The molecule has 0 aliphatic heterocycles. The van der Waals surface area contributed by atoms with Gasteiger partial charge in [-0.05, 0) is 26.0 Å². The van der Waals surface area contributed by atoms with Crippen LogP contribution in [0.25, 0.3) is 0 Å². The number of amides is 1. The van der Waals surface area contributed by atoms with Gasteiger partial charge in [-0.25, -0.2) is 4.98 Å². The highest BCUT2D eigenvalue weighted by Gasteiger charge is 2.17. The van der Waals surface area contributed by atoms with Crippen molar-refractivity contribution in [3.63, 3.8) is 0 Å². The van der Waals surface area contributed by atoms with Crippen molar-refractivity contribution in [1.29, 1.82) is 0 Å². The summed E-state index contributed by atoms with van der Waals surface area (Å²) in [6, 6.07) is 3.42. The van der Waals surface area contributed by atoms with Crippen molar-refractivity contribution in [1.82, 2.24) is 10.3 Å². The number of hydrogen-bond donors (Lipinski definition) is 2. The lowest BCUT2D eigenvalue weighted by Gasteiger charge is -2.10. The van der Waals surface area contributed by atoms with E-state index >= 15 is 0 Å². The summed E-state index contributed by atoms with van der Waals surface area (Å²) >= 11 is 1.19. The predicted octanol–water partition coefficient (Wildman–Crippen LogP) is 2.12. The summed E-state index contributed by atoms with van der Waals surface area (Å²) in [5, 5.41) is 3.24. The zero-order valence-electron chi connectivity index (χ0n) is 9.56. The second kappa shape index (κ2) is 4.58. The standard InChI is InChI=1S/C11H13N3O2S/c1-6(8-4-3-5-16-8)13-10(15)9-7(2)14-11(12)17-9/h3-6H,1-2H3,(H2,12,14)(H,13,15). The van der Waals surface area contributed by atoms with E-state index in [1.165, 1.54) is 11.3 Å². The number of nitrogens with one attached hydrogen (secondary N) is 1. The molecule has 0 aliphatic carbocycles. The smallest absolute Gasteiger partial charge is 0.263 e. The lowest BCUT2D eigenvalue weighted by molar-refractivity contribution is 0.0938. The van der Waals surface area contributed by atoms with Crippen molar-refractivity contribution in [2.45, 2.75) is 19.9 Å². The van der Waals surface area contributed by atoms with E-state index in [-0.39, 0.29) is 11.9 Å². The molecule has 6 heteroatoms. The number of thiazole rings is 1. The van der Waals surface area contributed by atoms with Gasteiger partial charge in [0.15, 0.2) is 5.13 Å². The molecule has 0 spiro atoms. The fraction of sp³-hybridized carbons (Fsp3) is 0.273. The van der Waals surface area contributed by atoms with E-state index in [1.54, 1.807) is 19.3 Å². The zero-order chi connectivity index (χ0) is 12.4. The number of rotatable bonds is 3. The van der Waals surface area contributed by atoms with E-state index < -0.39 is 0 Å². The number of nitrogen functional groups attached to an aromatic ring is 1. The van der Waals surface area contributed by atoms with Crippen molar-refractivity contribution in [3.05, 3.63) is 34.7 Å². The molecule has 2 aromatic heterocycles. The Hall–Kier alpha value is -1.82. The molecular weight excluding hydrogens is 238 g/mol. The molecule has 90 valence electrons. The van der Waals surface area contributed by atoms with Gasteiger partial charge in [-0.2, -0.15) is 0 Å². The van der Waals surface area contributed by atoms with Gasteiger partial charge < -0.3 is 15.5 Å². The van der Waals surface area contributed by atoms with Gasteiger partial charge in [0.1, 0.15) is 10.6 Å². The topological polar surface area (TPSA) is 81.1 Å². The van der Waals surface area contributed by atoms with Crippen molar-refractivity contribution in [2.75, 3.05) is 5.73 Å². The maximum atomic E-state index is 11.9. The summed E-state index contributed by atoms with van der Waals surface area (Å²) in [4.78, 5) is 16.5. The molecule has 2 rings (SSSR count). The van der Waals surface area contributed by atoms with Gasteiger partial charge in [0, 0.05) is 0 Å². The van der Waals surface area contributed by atoms with Gasteiger partial charge in [0.2, 0.25) is 0 Å². The summed E-state index contributed by atoms with van der Waals surface area (Å²) in [6.07, 6.45) is 1.58. The Bertz CT molecular complexity index is 519. The molecule has 3 N–H and O–H groups in total. The molecule has 0 aliphatic rings. The molecule has 5 nitrogen and oxygen atoms in total. The predicted molar refractivity (Wildman–Crippen MR) is 65.9 cm³/mol.